The highest BCUT2D eigenvalue weighted by Crippen LogP contribution is 2.01. The Kier molecular flexibility index (Phi) is 6.32. The molecule has 18 heavy (non-hydrogen) atoms. The minimum absolute atomic E-state index is 0.0466. The van der Waals surface area contributed by atoms with Crippen molar-refractivity contribution in [2.24, 2.45) is 5.73 Å². The van der Waals surface area contributed by atoms with E-state index in [1.807, 2.05) is 11.8 Å². The third-order valence-corrected chi connectivity index (χ3v) is 2.66. The SMILES string of the molecule is CCN(CCN)CC(=O)NCc1ccc(F)cc1. The maximum atomic E-state index is 12.7. The summed E-state index contributed by atoms with van der Waals surface area (Å²) in [6.07, 6.45) is 0. The van der Waals surface area contributed by atoms with Crippen molar-refractivity contribution in [3.05, 3.63) is 35.6 Å². The van der Waals surface area contributed by atoms with Gasteiger partial charge in [0, 0.05) is 19.6 Å². The van der Waals surface area contributed by atoms with E-state index in [1.54, 1.807) is 12.1 Å². The second-order valence-corrected chi connectivity index (χ2v) is 4.06. The van der Waals surface area contributed by atoms with Crippen LogP contribution in [-0.2, 0) is 11.3 Å². The summed E-state index contributed by atoms with van der Waals surface area (Å²) < 4.78 is 12.7. The molecule has 100 valence electrons. The number of halogens is 1. The van der Waals surface area contributed by atoms with Crippen LogP contribution >= 0.6 is 0 Å². The van der Waals surface area contributed by atoms with E-state index in [0.29, 0.717) is 26.2 Å². The summed E-state index contributed by atoms with van der Waals surface area (Å²) in [5, 5.41) is 2.80. The van der Waals surface area contributed by atoms with E-state index >= 15 is 0 Å². The highest BCUT2D eigenvalue weighted by molar-refractivity contribution is 5.77. The predicted octanol–water partition coefficient (Wildman–Crippen LogP) is 0.723. The largest absolute Gasteiger partial charge is 0.351 e. The van der Waals surface area contributed by atoms with E-state index in [-0.39, 0.29) is 11.7 Å². The zero-order chi connectivity index (χ0) is 13.4. The molecule has 0 atom stereocenters. The van der Waals surface area contributed by atoms with Crippen LogP contribution in [0.1, 0.15) is 12.5 Å². The Hall–Kier alpha value is -1.46. The molecule has 0 radical (unpaired) electrons. The highest BCUT2D eigenvalue weighted by atomic mass is 19.1. The molecule has 3 N–H and O–H groups in total. The molecule has 0 aliphatic heterocycles. The number of hydrogen-bond donors (Lipinski definition) is 2. The lowest BCUT2D eigenvalue weighted by molar-refractivity contribution is -0.122. The fraction of sp³-hybridized carbons (Fsp3) is 0.462. The zero-order valence-electron chi connectivity index (χ0n) is 10.7. The van der Waals surface area contributed by atoms with Gasteiger partial charge in [0.05, 0.1) is 6.54 Å². The molecule has 1 rings (SSSR count). The molecule has 0 fully saturated rings. The standard InChI is InChI=1S/C13H20FN3O/c1-2-17(8-7-15)10-13(18)16-9-11-3-5-12(14)6-4-11/h3-6H,2,7-10,15H2,1H3,(H,16,18). The van der Waals surface area contributed by atoms with Crippen LogP contribution in [0.4, 0.5) is 4.39 Å². The van der Waals surface area contributed by atoms with Crippen molar-refractivity contribution >= 4 is 5.91 Å². The fourth-order valence-electron chi connectivity index (χ4n) is 1.59. The second kappa shape index (κ2) is 7.79. The highest BCUT2D eigenvalue weighted by Gasteiger charge is 2.07. The van der Waals surface area contributed by atoms with Crippen molar-refractivity contribution in [2.45, 2.75) is 13.5 Å². The van der Waals surface area contributed by atoms with Gasteiger partial charge in [-0.3, -0.25) is 9.69 Å². The minimum Gasteiger partial charge on any atom is -0.351 e. The molecule has 1 aromatic rings. The van der Waals surface area contributed by atoms with E-state index in [1.165, 1.54) is 12.1 Å². The number of nitrogens with one attached hydrogen (secondary N) is 1. The van der Waals surface area contributed by atoms with E-state index in [2.05, 4.69) is 5.32 Å². The van der Waals surface area contributed by atoms with Crippen molar-refractivity contribution in [1.29, 1.82) is 0 Å². The Balaban J connectivity index is 2.34. The number of nitrogens with zero attached hydrogens (tertiary/aromatic N) is 1. The number of nitrogens with two attached hydrogens (primary N) is 1. The molecule has 0 spiro atoms. The quantitative estimate of drug-likeness (QED) is 0.753. The van der Waals surface area contributed by atoms with Gasteiger partial charge in [-0.2, -0.15) is 0 Å². The topological polar surface area (TPSA) is 58.4 Å². The van der Waals surface area contributed by atoms with Crippen LogP contribution in [0.5, 0.6) is 0 Å². The van der Waals surface area contributed by atoms with Crippen molar-refractivity contribution in [2.75, 3.05) is 26.2 Å². The normalized spacial score (nSPS) is 10.7. The van der Waals surface area contributed by atoms with E-state index in [0.717, 1.165) is 12.1 Å². The van der Waals surface area contributed by atoms with Gasteiger partial charge < -0.3 is 11.1 Å². The Morgan fingerprint density at radius 1 is 1.39 bits per heavy atom. The Bertz CT molecular complexity index is 367. The summed E-state index contributed by atoms with van der Waals surface area (Å²) in [7, 11) is 0. The molecule has 5 heteroatoms. The first kappa shape index (κ1) is 14.6. The van der Waals surface area contributed by atoms with Crippen molar-refractivity contribution in [1.82, 2.24) is 10.2 Å². The molecule has 0 saturated heterocycles. The predicted molar refractivity (Wildman–Crippen MR) is 69.4 cm³/mol. The van der Waals surface area contributed by atoms with Crippen LogP contribution in [-0.4, -0.2) is 37.0 Å². The summed E-state index contributed by atoms with van der Waals surface area (Å²) in [5.41, 5.74) is 6.33. The van der Waals surface area contributed by atoms with Gasteiger partial charge in [-0.05, 0) is 24.2 Å². The molecule has 0 unspecified atom stereocenters. The monoisotopic (exact) mass is 253 g/mol. The lowest BCUT2D eigenvalue weighted by Gasteiger charge is -2.18. The molecule has 4 nitrogen and oxygen atoms in total. The van der Waals surface area contributed by atoms with Gasteiger partial charge in [-0.25, -0.2) is 4.39 Å². The van der Waals surface area contributed by atoms with E-state index in [4.69, 9.17) is 5.73 Å². The van der Waals surface area contributed by atoms with Crippen LogP contribution in [0.3, 0.4) is 0 Å². The number of benzene rings is 1. The summed E-state index contributed by atoms with van der Waals surface area (Å²) in [5.74, 6) is -0.320. The van der Waals surface area contributed by atoms with Crippen LogP contribution in [0.15, 0.2) is 24.3 Å². The smallest absolute Gasteiger partial charge is 0.234 e. The molecular weight excluding hydrogens is 233 g/mol. The average molecular weight is 253 g/mol. The Morgan fingerprint density at radius 3 is 2.61 bits per heavy atom. The Morgan fingerprint density at radius 2 is 2.06 bits per heavy atom. The molecule has 0 saturated carbocycles. The minimum atomic E-state index is -0.273. The molecule has 1 aromatic carbocycles. The lowest BCUT2D eigenvalue weighted by Crippen LogP contribution is -2.39. The molecular formula is C13H20FN3O. The first-order valence-electron chi connectivity index (χ1n) is 6.09. The third kappa shape index (κ3) is 5.25. The van der Waals surface area contributed by atoms with Gasteiger partial charge in [-0.15, -0.1) is 0 Å². The lowest BCUT2D eigenvalue weighted by atomic mass is 10.2. The zero-order valence-corrected chi connectivity index (χ0v) is 10.7. The number of carbonyl (C=O) groups is 1. The molecule has 0 aliphatic carbocycles. The summed E-state index contributed by atoms with van der Waals surface area (Å²) in [4.78, 5) is 13.6. The average Bonchev–Trinajstić information content (AvgIpc) is 2.37. The summed E-state index contributed by atoms with van der Waals surface area (Å²) >= 11 is 0. The van der Waals surface area contributed by atoms with Crippen molar-refractivity contribution in [3.63, 3.8) is 0 Å². The number of rotatable bonds is 7. The Labute approximate surface area is 107 Å². The third-order valence-electron chi connectivity index (χ3n) is 2.66. The van der Waals surface area contributed by atoms with Gasteiger partial charge in [0.2, 0.25) is 5.91 Å². The van der Waals surface area contributed by atoms with E-state index in [9.17, 15) is 9.18 Å². The molecule has 0 heterocycles. The summed E-state index contributed by atoms with van der Waals surface area (Å²) in [6.45, 7) is 4.79. The van der Waals surface area contributed by atoms with Gasteiger partial charge >= 0.3 is 0 Å². The molecule has 0 aliphatic rings. The van der Waals surface area contributed by atoms with Crippen LogP contribution < -0.4 is 11.1 Å². The van der Waals surface area contributed by atoms with Gasteiger partial charge in [0.15, 0.2) is 0 Å². The number of likely N-dealkylation sites (N-methyl/N-ethyl adjacent to an activating group) is 1. The first-order valence-corrected chi connectivity index (χ1v) is 6.09. The maximum absolute atomic E-state index is 12.7. The summed E-state index contributed by atoms with van der Waals surface area (Å²) in [6, 6.07) is 6.09. The van der Waals surface area contributed by atoms with Gasteiger partial charge in [0.25, 0.3) is 0 Å². The second-order valence-electron chi connectivity index (χ2n) is 4.06. The maximum Gasteiger partial charge on any atom is 0.234 e. The molecule has 1 amide bonds. The van der Waals surface area contributed by atoms with Crippen molar-refractivity contribution < 1.29 is 9.18 Å². The molecule has 0 aromatic heterocycles. The molecule has 0 bridgehead atoms. The number of hydrogen-bond acceptors (Lipinski definition) is 3. The first-order chi connectivity index (χ1) is 8.65. The van der Waals surface area contributed by atoms with Crippen LogP contribution in [0, 0.1) is 5.82 Å². The van der Waals surface area contributed by atoms with Crippen molar-refractivity contribution in [3.8, 4) is 0 Å². The van der Waals surface area contributed by atoms with E-state index < -0.39 is 0 Å². The van der Waals surface area contributed by atoms with Crippen LogP contribution in [0.2, 0.25) is 0 Å². The number of carbonyl (C=O) groups excluding carboxylic acids is 1. The fourth-order valence-corrected chi connectivity index (χ4v) is 1.59. The number of amides is 1. The van der Waals surface area contributed by atoms with Gasteiger partial charge in [-0.1, -0.05) is 19.1 Å². The van der Waals surface area contributed by atoms with Gasteiger partial charge in [0.1, 0.15) is 5.82 Å². The van der Waals surface area contributed by atoms with Crippen LogP contribution in [0.25, 0.3) is 0 Å².